The number of carbonyl (C=O) groups is 1. The second kappa shape index (κ2) is 6.96. The first-order valence-corrected chi connectivity index (χ1v) is 9.26. The molecule has 4 rings (SSSR count). The van der Waals surface area contributed by atoms with Crippen LogP contribution in [-0.4, -0.2) is 20.3 Å². The van der Waals surface area contributed by atoms with Gasteiger partial charge in [-0.3, -0.25) is 9.59 Å². The van der Waals surface area contributed by atoms with Gasteiger partial charge in [0.15, 0.2) is 0 Å². The first-order valence-electron chi connectivity index (χ1n) is 9.26. The lowest BCUT2D eigenvalue weighted by atomic mass is 10.1. The number of para-hydroxylation sites is 1. The Labute approximate surface area is 162 Å². The van der Waals surface area contributed by atoms with Crippen molar-refractivity contribution in [3.63, 3.8) is 0 Å². The van der Waals surface area contributed by atoms with E-state index in [2.05, 4.69) is 10.4 Å². The Hall–Kier alpha value is -3.41. The number of nitrogens with one attached hydrogen (secondary N) is 1. The van der Waals surface area contributed by atoms with Crippen molar-refractivity contribution in [2.45, 2.75) is 26.4 Å². The maximum absolute atomic E-state index is 13.0. The van der Waals surface area contributed by atoms with Gasteiger partial charge in [0.1, 0.15) is 11.6 Å². The Balaban J connectivity index is 1.77. The van der Waals surface area contributed by atoms with E-state index in [1.807, 2.05) is 66.9 Å². The molecule has 1 N–H and O–H groups in total. The van der Waals surface area contributed by atoms with E-state index in [0.717, 1.165) is 27.4 Å². The lowest BCUT2D eigenvalue weighted by Gasteiger charge is -2.17. The molecule has 4 aromatic rings. The molecule has 0 saturated carbocycles. The summed E-state index contributed by atoms with van der Waals surface area (Å²) >= 11 is 0. The zero-order valence-corrected chi connectivity index (χ0v) is 16.1. The van der Waals surface area contributed by atoms with Crippen LogP contribution in [0.2, 0.25) is 0 Å². The number of aromatic nitrogens is 3. The van der Waals surface area contributed by atoms with Gasteiger partial charge in [-0.25, -0.2) is 4.68 Å². The minimum Gasteiger partial charge on any atom is -0.350 e. The fourth-order valence-corrected chi connectivity index (χ4v) is 3.65. The molecule has 0 bridgehead atoms. The summed E-state index contributed by atoms with van der Waals surface area (Å²) < 4.78 is 3.12. The molecule has 0 aliphatic carbocycles. The molecule has 0 spiro atoms. The molecule has 0 saturated heterocycles. The van der Waals surface area contributed by atoms with Gasteiger partial charge in [-0.05, 0) is 31.0 Å². The van der Waals surface area contributed by atoms with Gasteiger partial charge in [-0.2, -0.15) is 5.10 Å². The van der Waals surface area contributed by atoms with E-state index in [1.165, 1.54) is 4.68 Å². The summed E-state index contributed by atoms with van der Waals surface area (Å²) in [6, 6.07) is 15.1. The third kappa shape index (κ3) is 2.87. The van der Waals surface area contributed by atoms with Crippen LogP contribution in [0.3, 0.4) is 0 Å². The largest absolute Gasteiger partial charge is 0.350 e. The molecule has 142 valence electrons. The number of hydrogen-bond donors (Lipinski definition) is 1. The van der Waals surface area contributed by atoms with Crippen molar-refractivity contribution in [2.24, 2.45) is 7.05 Å². The summed E-state index contributed by atoms with van der Waals surface area (Å²) in [6.45, 7) is 4.29. The summed E-state index contributed by atoms with van der Waals surface area (Å²) in [6.07, 6.45) is 1.69. The smallest absolute Gasteiger partial charge is 0.291 e. The molecule has 28 heavy (non-hydrogen) atoms. The number of amides is 1. The first kappa shape index (κ1) is 18.0. The molecule has 1 atom stereocenters. The molecule has 2 aromatic heterocycles. The molecule has 0 fully saturated rings. The molecule has 1 amide bonds. The van der Waals surface area contributed by atoms with Crippen molar-refractivity contribution >= 4 is 27.7 Å². The molecule has 2 heterocycles. The number of nitrogens with zero attached hydrogens (tertiary/aromatic N) is 3. The molecule has 0 aliphatic rings. The SMILES string of the molecule is Cc1ccccc1CNC(=O)[C@H](C)n1c2ccccc2c2cnn(C)c(=O)c21. The minimum absolute atomic E-state index is 0.134. The zero-order chi connectivity index (χ0) is 19.8. The van der Waals surface area contributed by atoms with Crippen LogP contribution in [0, 0.1) is 6.92 Å². The van der Waals surface area contributed by atoms with E-state index in [1.54, 1.807) is 13.2 Å². The highest BCUT2D eigenvalue weighted by Gasteiger charge is 2.23. The van der Waals surface area contributed by atoms with Crippen molar-refractivity contribution in [1.29, 1.82) is 0 Å². The second-order valence-corrected chi connectivity index (χ2v) is 7.04. The molecule has 2 aromatic carbocycles. The van der Waals surface area contributed by atoms with Crippen LogP contribution in [0.5, 0.6) is 0 Å². The summed E-state index contributed by atoms with van der Waals surface area (Å²) in [5, 5.41) is 8.84. The van der Waals surface area contributed by atoms with Crippen LogP contribution in [0.4, 0.5) is 0 Å². The Morgan fingerprint density at radius 3 is 2.61 bits per heavy atom. The first-order chi connectivity index (χ1) is 13.5. The summed E-state index contributed by atoms with van der Waals surface area (Å²) in [5.74, 6) is -0.134. The van der Waals surface area contributed by atoms with E-state index < -0.39 is 6.04 Å². The summed E-state index contributed by atoms with van der Waals surface area (Å²) in [4.78, 5) is 25.8. The van der Waals surface area contributed by atoms with E-state index in [4.69, 9.17) is 0 Å². The van der Waals surface area contributed by atoms with Gasteiger partial charge in [0.2, 0.25) is 5.91 Å². The Morgan fingerprint density at radius 1 is 1.11 bits per heavy atom. The topological polar surface area (TPSA) is 68.9 Å². The molecular formula is C22H22N4O2. The van der Waals surface area contributed by atoms with E-state index in [0.29, 0.717) is 12.1 Å². The van der Waals surface area contributed by atoms with Gasteiger partial charge in [-0.15, -0.1) is 0 Å². The Bertz CT molecular complexity index is 1250. The van der Waals surface area contributed by atoms with E-state index >= 15 is 0 Å². The molecule has 0 aliphatic heterocycles. The van der Waals surface area contributed by atoms with Gasteiger partial charge in [0.05, 0.1) is 11.7 Å². The fraction of sp³-hybridized carbons (Fsp3) is 0.227. The van der Waals surface area contributed by atoms with Gasteiger partial charge >= 0.3 is 0 Å². The van der Waals surface area contributed by atoms with E-state index in [-0.39, 0.29) is 11.5 Å². The third-order valence-corrected chi connectivity index (χ3v) is 5.29. The van der Waals surface area contributed by atoms with E-state index in [9.17, 15) is 9.59 Å². The third-order valence-electron chi connectivity index (χ3n) is 5.29. The normalized spacial score (nSPS) is 12.4. The Morgan fingerprint density at radius 2 is 1.82 bits per heavy atom. The van der Waals surface area contributed by atoms with Crippen molar-refractivity contribution in [2.75, 3.05) is 0 Å². The predicted octanol–water partition coefficient (Wildman–Crippen LogP) is 3.07. The Kier molecular flexibility index (Phi) is 4.47. The summed E-state index contributed by atoms with van der Waals surface area (Å²) in [7, 11) is 1.62. The predicted molar refractivity (Wildman–Crippen MR) is 110 cm³/mol. The molecule has 6 nitrogen and oxygen atoms in total. The van der Waals surface area contributed by atoms with Crippen molar-refractivity contribution in [3.05, 3.63) is 76.2 Å². The number of fused-ring (bicyclic) bond motifs is 3. The minimum atomic E-state index is -0.540. The lowest BCUT2D eigenvalue weighted by molar-refractivity contribution is -0.123. The van der Waals surface area contributed by atoms with Crippen molar-refractivity contribution < 1.29 is 4.79 Å². The fourth-order valence-electron chi connectivity index (χ4n) is 3.65. The van der Waals surface area contributed by atoms with Crippen molar-refractivity contribution in [3.8, 4) is 0 Å². The maximum atomic E-state index is 13.0. The van der Waals surface area contributed by atoms with Crippen LogP contribution < -0.4 is 10.9 Å². The highest BCUT2D eigenvalue weighted by Crippen LogP contribution is 2.29. The number of carbonyl (C=O) groups excluding carboxylic acids is 1. The number of rotatable bonds is 4. The summed E-state index contributed by atoms with van der Waals surface area (Å²) in [5.41, 5.74) is 3.34. The quantitative estimate of drug-likeness (QED) is 0.597. The highest BCUT2D eigenvalue weighted by molar-refractivity contribution is 6.08. The standard InChI is InChI=1S/C22H22N4O2/c1-14-8-4-5-9-16(14)12-23-21(27)15(2)26-19-11-7-6-10-17(19)18-13-24-25(3)22(28)20(18)26/h4-11,13,15H,12H2,1-3H3,(H,23,27)/t15-/m0/s1. The average molecular weight is 374 g/mol. The van der Waals surface area contributed by atoms with Crippen molar-refractivity contribution in [1.82, 2.24) is 19.7 Å². The zero-order valence-electron chi connectivity index (χ0n) is 16.1. The maximum Gasteiger partial charge on any atom is 0.291 e. The van der Waals surface area contributed by atoms with Gasteiger partial charge in [0.25, 0.3) is 5.56 Å². The van der Waals surface area contributed by atoms with Gasteiger partial charge in [0, 0.05) is 24.4 Å². The van der Waals surface area contributed by atoms with Gasteiger partial charge < -0.3 is 9.88 Å². The van der Waals surface area contributed by atoms with Crippen LogP contribution in [0.15, 0.2) is 59.5 Å². The second-order valence-electron chi connectivity index (χ2n) is 7.04. The monoisotopic (exact) mass is 374 g/mol. The number of hydrogen-bond acceptors (Lipinski definition) is 3. The highest BCUT2D eigenvalue weighted by atomic mass is 16.2. The molecule has 0 unspecified atom stereocenters. The molecular weight excluding hydrogens is 352 g/mol. The average Bonchev–Trinajstić information content (AvgIpc) is 3.04. The van der Waals surface area contributed by atoms with Gasteiger partial charge in [-0.1, -0.05) is 42.5 Å². The van der Waals surface area contributed by atoms with Crippen LogP contribution in [0.25, 0.3) is 21.8 Å². The van der Waals surface area contributed by atoms with Crippen LogP contribution in [-0.2, 0) is 18.4 Å². The van der Waals surface area contributed by atoms with Crippen LogP contribution >= 0.6 is 0 Å². The molecule has 0 radical (unpaired) electrons. The van der Waals surface area contributed by atoms with Crippen LogP contribution in [0.1, 0.15) is 24.1 Å². The number of benzene rings is 2. The lowest BCUT2D eigenvalue weighted by Crippen LogP contribution is -2.32. The molecule has 6 heteroatoms. The number of aryl methyl sites for hydroxylation is 2.